The molecule has 0 fully saturated rings. The summed E-state index contributed by atoms with van der Waals surface area (Å²) in [5.41, 5.74) is 15.8. The second kappa shape index (κ2) is 7.98. The van der Waals surface area contributed by atoms with Gasteiger partial charge in [0.05, 0.1) is 5.69 Å². The van der Waals surface area contributed by atoms with Crippen molar-refractivity contribution in [3.63, 3.8) is 0 Å². The lowest BCUT2D eigenvalue weighted by molar-refractivity contribution is 0.660. The molecule has 0 unspecified atom stereocenters. The molecular formula is C36H32BN. The molecule has 38 heavy (non-hydrogen) atoms. The average Bonchev–Trinajstić information content (AvgIpc) is 3.30. The molecule has 2 aliphatic carbocycles. The van der Waals surface area contributed by atoms with Crippen LogP contribution in [0.2, 0.25) is 0 Å². The van der Waals surface area contributed by atoms with Gasteiger partial charge in [0.2, 0.25) is 0 Å². The summed E-state index contributed by atoms with van der Waals surface area (Å²) in [5.74, 6) is 0. The summed E-state index contributed by atoms with van der Waals surface area (Å²) in [5, 5.41) is 0. The normalized spacial score (nSPS) is 15.4. The second-order valence-electron chi connectivity index (χ2n) is 11.9. The van der Waals surface area contributed by atoms with Gasteiger partial charge in [-0.25, -0.2) is 0 Å². The molecule has 0 saturated heterocycles. The molecule has 0 atom stereocenters. The molecule has 0 radical (unpaired) electrons. The fourth-order valence-corrected chi connectivity index (χ4v) is 6.98. The number of benzene rings is 5. The minimum atomic E-state index is -0.0490. The van der Waals surface area contributed by atoms with Crippen LogP contribution in [0.3, 0.4) is 0 Å². The number of anilines is 3. The van der Waals surface area contributed by atoms with Crippen molar-refractivity contribution in [2.75, 3.05) is 4.90 Å². The molecule has 1 nitrogen and oxygen atoms in total. The minimum absolute atomic E-state index is 0.0408. The smallest absolute Gasteiger partial charge is 0.142 e. The van der Waals surface area contributed by atoms with Crippen LogP contribution in [-0.2, 0) is 10.8 Å². The van der Waals surface area contributed by atoms with Crippen molar-refractivity contribution >= 4 is 30.4 Å². The Morgan fingerprint density at radius 3 is 1.82 bits per heavy atom. The lowest BCUT2D eigenvalue weighted by Gasteiger charge is -2.31. The molecule has 0 heterocycles. The van der Waals surface area contributed by atoms with Gasteiger partial charge >= 0.3 is 0 Å². The van der Waals surface area contributed by atoms with Crippen LogP contribution < -0.4 is 10.4 Å². The van der Waals surface area contributed by atoms with Gasteiger partial charge in [-0.2, -0.15) is 0 Å². The summed E-state index contributed by atoms with van der Waals surface area (Å²) in [4.78, 5) is 2.49. The van der Waals surface area contributed by atoms with Crippen LogP contribution in [0, 0.1) is 0 Å². The van der Waals surface area contributed by atoms with E-state index in [9.17, 15) is 0 Å². The molecule has 0 bridgehead atoms. The van der Waals surface area contributed by atoms with Crippen molar-refractivity contribution in [2.24, 2.45) is 0 Å². The van der Waals surface area contributed by atoms with E-state index in [1.807, 2.05) is 0 Å². The summed E-state index contributed by atoms with van der Waals surface area (Å²) in [6, 6.07) is 40.5. The minimum Gasteiger partial charge on any atom is -0.310 e. The maximum absolute atomic E-state index is 2.49. The zero-order chi connectivity index (χ0) is 26.2. The molecule has 7 rings (SSSR count). The van der Waals surface area contributed by atoms with Gasteiger partial charge < -0.3 is 4.90 Å². The quantitative estimate of drug-likeness (QED) is 0.232. The molecule has 0 amide bonds. The first-order valence-corrected chi connectivity index (χ1v) is 13.6. The summed E-state index contributed by atoms with van der Waals surface area (Å²) >= 11 is 0. The Balaban J connectivity index is 1.51. The number of nitrogens with zero attached hydrogens (tertiary/aromatic N) is 1. The van der Waals surface area contributed by atoms with E-state index < -0.39 is 0 Å². The molecule has 0 saturated carbocycles. The standard InChI is InChI=1S/C36H32BN/c1-35(2)28-15-8-6-13-26(28)34-29(35)16-11-19-33(34)38(32-18-10-9-17-31(32)37)23-20-21-25-24-12-5-7-14-27(24)36(3,4)30(25)22-23/h5-22H,37H2,1-4H3. The van der Waals surface area contributed by atoms with Crippen LogP contribution in [0.1, 0.15) is 49.9 Å². The van der Waals surface area contributed by atoms with E-state index in [-0.39, 0.29) is 10.8 Å². The Hall–Kier alpha value is -4.04. The van der Waals surface area contributed by atoms with E-state index in [4.69, 9.17) is 0 Å². The molecular weight excluding hydrogens is 457 g/mol. The maximum Gasteiger partial charge on any atom is 0.142 e. The van der Waals surface area contributed by atoms with E-state index in [0.717, 1.165) is 0 Å². The molecule has 5 aromatic rings. The fourth-order valence-electron chi connectivity index (χ4n) is 6.98. The number of hydrogen-bond donors (Lipinski definition) is 0. The highest BCUT2D eigenvalue weighted by atomic mass is 15.1. The van der Waals surface area contributed by atoms with Crippen molar-refractivity contribution in [3.8, 4) is 22.3 Å². The molecule has 0 N–H and O–H groups in total. The van der Waals surface area contributed by atoms with Crippen LogP contribution in [0.15, 0.2) is 109 Å². The molecule has 184 valence electrons. The van der Waals surface area contributed by atoms with E-state index in [0.29, 0.717) is 0 Å². The molecule has 2 heteroatoms. The molecule has 5 aromatic carbocycles. The predicted octanol–water partition coefficient (Wildman–Crippen LogP) is 8.03. The number of rotatable bonds is 3. The Morgan fingerprint density at radius 2 is 1.05 bits per heavy atom. The van der Waals surface area contributed by atoms with Gasteiger partial charge in [-0.1, -0.05) is 118 Å². The van der Waals surface area contributed by atoms with Crippen molar-refractivity contribution in [1.82, 2.24) is 0 Å². The first-order valence-electron chi connectivity index (χ1n) is 13.6. The molecule has 0 aliphatic heterocycles. The molecule has 2 aliphatic rings. The number of fused-ring (bicyclic) bond motifs is 6. The van der Waals surface area contributed by atoms with Gasteiger partial charge in [0.15, 0.2) is 0 Å². The zero-order valence-electron chi connectivity index (χ0n) is 22.8. The van der Waals surface area contributed by atoms with Gasteiger partial charge in [-0.3, -0.25) is 0 Å². The van der Waals surface area contributed by atoms with Gasteiger partial charge in [0, 0.05) is 27.8 Å². The van der Waals surface area contributed by atoms with E-state index in [2.05, 4.69) is 150 Å². The highest BCUT2D eigenvalue weighted by molar-refractivity contribution is 6.36. The maximum atomic E-state index is 2.49. The third-order valence-electron chi connectivity index (χ3n) is 9.01. The SMILES string of the molecule is Bc1ccccc1N(c1ccc2c(c1)C(C)(C)c1ccccc1-2)c1cccc2c1-c1ccccc1C2(C)C. The van der Waals surface area contributed by atoms with Crippen LogP contribution in [0.25, 0.3) is 22.3 Å². The summed E-state index contributed by atoms with van der Waals surface area (Å²) in [6.45, 7) is 9.43. The molecule has 0 spiro atoms. The zero-order valence-corrected chi connectivity index (χ0v) is 22.8. The Bertz CT molecular complexity index is 1740. The summed E-state index contributed by atoms with van der Waals surface area (Å²) in [6.07, 6.45) is 0. The topological polar surface area (TPSA) is 3.24 Å². The third kappa shape index (κ3) is 3.07. The van der Waals surface area contributed by atoms with Crippen LogP contribution in [0.5, 0.6) is 0 Å². The number of hydrogen-bond acceptors (Lipinski definition) is 1. The van der Waals surface area contributed by atoms with Crippen molar-refractivity contribution in [1.29, 1.82) is 0 Å². The van der Waals surface area contributed by atoms with E-state index in [1.165, 1.54) is 67.0 Å². The molecule has 0 aromatic heterocycles. The number of para-hydroxylation sites is 1. The lowest BCUT2D eigenvalue weighted by atomic mass is 9.82. The van der Waals surface area contributed by atoms with Gasteiger partial charge in [0.1, 0.15) is 7.85 Å². The first-order chi connectivity index (χ1) is 18.3. The monoisotopic (exact) mass is 489 g/mol. The summed E-state index contributed by atoms with van der Waals surface area (Å²) in [7, 11) is 2.22. The largest absolute Gasteiger partial charge is 0.310 e. The average molecular weight is 489 g/mol. The van der Waals surface area contributed by atoms with Crippen LogP contribution in [0.4, 0.5) is 17.1 Å². The Morgan fingerprint density at radius 1 is 0.500 bits per heavy atom. The highest BCUT2D eigenvalue weighted by Gasteiger charge is 2.39. The van der Waals surface area contributed by atoms with Crippen molar-refractivity contribution in [2.45, 2.75) is 38.5 Å². The predicted molar refractivity (Wildman–Crippen MR) is 164 cm³/mol. The van der Waals surface area contributed by atoms with Crippen LogP contribution >= 0.6 is 0 Å². The fraction of sp³-hybridized carbons (Fsp3) is 0.167. The van der Waals surface area contributed by atoms with Gasteiger partial charge in [-0.05, 0) is 63.2 Å². The van der Waals surface area contributed by atoms with Crippen molar-refractivity contribution in [3.05, 3.63) is 131 Å². The third-order valence-corrected chi connectivity index (χ3v) is 9.01. The van der Waals surface area contributed by atoms with Crippen LogP contribution in [-0.4, -0.2) is 7.85 Å². The van der Waals surface area contributed by atoms with Gasteiger partial charge in [-0.15, -0.1) is 0 Å². The second-order valence-corrected chi connectivity index (χ2v) is 11.9. The first kappa shape index (κ1) is 23.1. The van der Waals surface area contributed by atoms with Gasteiger partial charge in [0.25, 0.3) is 0 Å². The Kier molecular flexibility index (Phi) is 4.85. The van der Waals surface area contributed by atoms with Crippen molar-refractivity contribution < 1.29 is 0 Å². The van der Waals surface area contributed by atoms with E-state index >= 15 is 0 Å². The summed E-state index contributed by atoms with van der Waals surface area (Å²) < 4.78 is 0. The van der Waals surface area contributed by atoms with E-state index in [1.54, 1.807) is 0 Å². The Labute approximate surface area is 227 Å². The lowest BCUT2D eigenvalue weighted by Crippen LogP contribution is -2.21. The highest BCUT2D eigenvalue weighted by Crippen LogP contribution is 2.55.